The SMILES string of the molecule is C[C@@H](N)c1ccc(Sc2cc(F)ccc2F)nc1. The van der Waals surface area contributed by atoms with Crippen LogP contribution in [-0.2, 0) is 0 Å². The molecule has 0 amide bonds. The molecule has 18 heavy (non-hydrogen) atoms. The molecule has 2 nitrogen and oxygen atoms in total. The van der Waals surface area contributed by atoms with E-state index in [0.717, 1.165) is 35.5 Å². The first-order valence-electron chi connectivity index (χ1n) is 5.40. The van der Waals surface area contributed by atoms with Crippen LogP contribution >= 0.6 is 11.8 Å². The zero-order valence-corrected chi connectivity index (χ0v) is 10.5. The fourth-order valence-electron chi connectivity index (χ4n) is 1.39. The zero-order chi connectivity index (χ0) is 13.1. The smallest absolute Gasteiger partial charge is 0.137 e. The van der Waals surface area contributed by atoms with Crippen LogP contribution in [0.5, 0.6) is 0 Å². The highest BCUT2D eigenvalue weighted by Gasteiger charge is 2.07. The predicted octanol–water partition coefficient (Wildman–Crippen LogP) is 3.53. The van der Waals surface area contributed by atoms with Gasteiger partial charge in [-0.25, -0.2) is 13.8 Å². The number of halogens is 2. The Kier molecular flexibility index (Phi) is 3.93. The maximum Gasteiger partial charge on any atom is 0.137 e. The van der Waals surface area contributed by atoms with Crippen LogP contribution in [-0.4, -0.2) is 4.98 Å². The molecule has 0 fully saturated rings. The number of nitrogens with two attached hydrogens (primary N) is 1. The van der Waals surface area contributed by atoms with Crippen LogP contribution in [0.1, 0.15) is 18.5 Å². The molecule has 0 aliphatic heterocycles. The van der Waals surface area contributed by atoms with E-state index in [1.165, 1.54) is 0 Å². The molecule has 2 aromatic rings. The van der Waals surface area contributed by atoms with Crippen LogP contribution in [0.4, 0.5) is 8.78 Å². The van der Waals surface area contributed by atoms with Gasteiger partial charge in [0, 0.05) is 12.2 Å². The first-order valence-corrected chi connectivity index (χ1v) is 6.22. The van der Waals surface area contributed by atoms with Crippen molar-refractivity contribution in [3.63, 3.8) is 0 Å². The molecule has 0 saturated heterocycles. The van der Waals surface area contributed by atoms with Crippen molar-refractivity contribution >= 4 is 11.8 Å². The largest absolute Gasteiger partial charge is 0.324 e. The van der Waals surface area contributed by atoms with Gasteiger partial charge in [0.2, 0.25) is 0 Å². The molecule has 2 N–H and O–H groups in total. The molecule has 1 aromatic carbocycles. The number of benzene rings is 1. The lowest BCUT2D eigenvalue weighted by Gasteiger charge is -2.06. The second-order valence-electron chi connectivity index (χ2n) is 3.90. The zero-order valence-electron chi connectivity index (χ0n) is 9.73. The summed E-state index contributed by atoms with van der Waals surface area (Å²) in [6.07, 6.45) is 1.64. The molecule has 0 radical (unpaired) electrons. The van der Waals surface area contributed by atoms with Crippen LogP contribution < -0.4 is 5.73 Å². The second kappa shape index (κ2) is 5.46. The predicted molar refractivity (Wildman–Crippen MR) is 67.3 cm³/mol. The Labute approximate surface area is 108 Å². The minimum absolute atomic E-state index is 0.0949. The van der Waals surface area contributed by atoms with Crippen molar-refractivity contribution in [3.8, 4) is 0 Å². The summed E-state index contributed by atoms with van der Waals surface area (Å²) in [5.74, 6) is -0.925. The highest BCUT2D eigenvalue weighted by molar-refractivity contribution is 7.99. The van der Waals surface area contributed by atoms with Gasteiger partial charge in [0.15, 0.2) is 0 Å². The van der Waals surface area contributed by atoms with Gasteiger partial charge in [0.1, 0.15) is 16.7 Å². The van der Waals surface area contributed by atoms with Crippen molar-refractivity contribution in [2.24, 2.45) is 5.73 Å². The molecule has 2 rings (SSSR count). The first-order chi connectivity index (χ1) is 8.56. The van der Waals surface area contributed by atoms with E-state index in [4.69, 9.17) is 5.73 Å². The number of aromatic nitrogens is 1. The van der Waals surface area contributed by atoms with Gasteiger partial charge >= 0.3 is 0 Å². The number of nitrogens with zero attached hydrogens (tertiary/aromatic N) is 1. The maximum absolute atomic E-state index is 13.4. The molecule has 94 valence electrons. The van der Waals surface area contributed by atoms with Gasteiger partial charge < -0.3 is 5.73 Å². The Balaban J connectivity index is 2.21. The Morgan fingerprint density at radius 3 is 2.61 bits per heavy atom. The molecule has 1 atom stereocenters. The van der Waals surface area contributed by atoms with E-state index in [1.54, 1.807) is 12.3 Å². The molecule has 0 unspecified atom stereocenters. The van der Waals surface area contributed by atoms with Gasteiger partial charge in [-0.1, -0.05) is 17.8 Å². The van der Waals surface area contributed by atoms with E-state index >= 15 is 0 Å². The molecule has 0 saturated carbocycles. The molecule has 0 bridgehead atoms. The van der Waals surface area contributed by atoms with Crippen LogP contribution in [0.3, 0.4) is 0 Å². The monoisotopic (exact) mass is 266 g/mol. The van der Waals surface area contributed by atoms with Crippen LogP contribution in [0.25, 0.3) is 0 Å². The average Bonchev–Trinajstić information content (AvgIpc) is 2.34. The normalized spacial score (nSPS) is 12.4. The fourth-order valence-corrected chi connectivity index (χ4v) is 2.19. The molecule has 0 aliphatic rings. The van der Waals surface area contributed by atoms with E-state index in [-0.39, 0.29) is 10.9 Å². The van der Waals surface area contributed by atoms with Crippen LogP contribution in [0.15, 0.2) is 46.5 Å². The Morgan fingerprint density at radius 1 is 1.22 bits per heavy atom. The van der Waals surface area contributed by atoms with Crippen molar-refractivity contribution < 1.29 is 8.78 Å². The quantitative estimate of drug-likeness (QED) is 0.923. The van der Waals surface area contributed by atoms with Gasteiger partial charge in [-0.15, -0.1) is 0 Å². The minimum Gasteiger partial charge on any atom is -0.324 e. The maximum atomic E-state index is 13.4. The van der Waals surface area contributed by atoms with Gasteiger partial charge in [-0.2, -0.15) is 0 Å². The molecular formula is C13H12F2N2S. The van der Waals surface area contributed by atoms with Gasteiger partial charge in [0.05, 0.1) is 4.90 Å². The molecule has 0 aliphatic carbocycles. The lowest BCUT2D eigenvalue weighted by molar-refractivity contribution is 0.577. The summed E-state index contributed by atoms with van der Waals surface area (Å²) < 4.78 is 26.4. The molecule has 1 heterocycles. The first kappa shape index (κ1) is 13.0. The van der Waals surface area contributed by atoms with E-state index in [1.807, 2.05) is 13.0 Å². The van der Waals surface area contributed by atoms with E-state index < -0.39 is 11.6 Å². The van der Waals surface area contributed by atoms with Crippen LogP contribution in [0.2, 0.25) is 0 Å². The molecule has 1 aromatic heterocycles. The number of pyridine rings is 1. The van der Waals surface area contributed by atoms with E-state index in [0.29, 0.717) is 5.03 Å². The van der Waals surface area contributed by atoms with Crippen molar-refractivity contribution in [1.82, 2.24) is 4.98 Å². The molecular weight excluding hydrogens is 254 g/mol. The molecule has 5 heteroatoms. The van der Waals surface area contributed by atoms with Gasteiger partial charge in [-0.3, -0.25) is 0 Å². The topological polar surface area (TPSA) is 38.9 Å². The van der Waals surface area contributed by atoms with Gasteiger partial charge in [0.25, 0.3) is 0 Å². The average molecular weight is 266 g/mol. The summed E-state index contributed by atoms with van der Waals surface area (Å²) in [5, 5.41) is 0.601. The third kappa shape index (κ3) is 3.05. The number of hydrogen-bond donors (Lipinski definition) is 1. The summed E-state index contributed by atoms with van der Waals surface area (Å²) in [4.78, 5) is 4.38. The fraction of sp³-hybridized carbons (Fsp3) is 0.154. The summed E-state index contributed by atoms with van der Waals surface area (Å²) in [5.41, 5.74) is 6.61. The second-order valence-corrected chi connectivity index (χ2v) is 4.96. The summed E-state index contributed by atoms with van der Waals surface area (Å²) in [6.45, 7) is 1.86. The van der Waals surface area contributed by atoms with Crippen molar-refractivity contribution in [2.45, 2.75) is 22.9 Å². The summed E-state index contributed by atoms with van der Waals surface area (Å²) in [7, 11) is 0. The lowest BCUT2D eigenvalue weighted by atomic mass is 10.2. The Bertz CT molecular complexity index is 541. The lowest BCUT2D eigenvalue weighted by Crippen LogP contribution is -2.04. The summed E-state index contributed by atoms with van der Waals surface area (Å²) in [6, 6.07) is 6.83. The number of hydrogen-bond acceptors (Lipinski definition) is 3. The third-order valence-electron chi connectivity index (χ3n) is 2.39. The van der Waals surface area contributed by atoms with E-state index in [2.05, 4.69) is 4.98 Å². The van der Waals surface area contributed by atoms with E-state index in [9.17, 15) is 8.78 Å². The minimum atomic E-state index is -0.467. The van der Waals surface area contributed by atoms with Gasteiger partial charge in [-0.05, 0) is 36.8 Å². The third-order valence-corrected chi connectivity index (χ3v) is 3.38. The number of rotatable bonds is 3. The highest BCUT2D eigenvalue weighted by Crippen LogP contribution is 2.29. The van der Waals surface area contributed by atoms with Crippen molar-refractivity contribution in [2.75, 3.05) is 0 Å². The standard InChI is InChI=1S/C13H12F2N2S/c1-8(16)9-2-5-13(17-7-9)18-12-6-10(14)3-4-11(12)15/h2-8H,16H2,1H3/t8-/m1/s1. The summed E-state index contributed by atoms with van der Waals surface area (Å²) >= 11 is 1.08. The Hall–Kier alpha value is -1.46. The molecule has 0 spiro atoms. The Morgan fingerprint density at radius 2 is 2.00 bits per heavy atom. The highest BCUT2D eigenvalue weighted by atomic mass is 32.2. The van der Waals surface area contributed by atoms with Crippen molar-refractivity contribution in [3.05, 3.63) is 53.7 Å². The van der Waals surface area contributed by atoms with Crippen LogP contribution in [0, 0.1) is 11.6 Å². The van der Waals surface area contributed by atoms with Crippen molar-refractivity contribution in [1.29, 1.82) is 0 Å².